The second-order valence-corrected chi connectivity index (χ2v) is 12.1. The quantitative estimate of drug-likeness (QED) is 0.674. The van der Waals surface area contributed by atoms with Gasteiger partial charge in [-0.05, 0) is 73.2 Å². The summed E-state index contributed by atoms with van der Waals surface area (Å²) >= 11 is 0. The lowest BCUT2D eigenvalue weighted by molar-refractivity contribution is -0.243. The van der Waals surface area contributed by atoms with E-state index in [4.69, 9.17) is 0 Å². The van der Waals surface area contributed by atoms with Crippen LogP contribution in [0.15, 0.2) is 23.8 Å². The van der Waals surface area contributed by atoms with Gasteiger partial charge in [0.2, 0.25) is 0 Å². The van der Waals surface area contributed by atoms with Crippen molar-refractivity contribution in [2.24, 2.45) is 45.3 Å². The van der Waals surface area contributed by atoms with Crippen LogP contribution in [-0.2, 0) is 4.79 Å². The number of hydrogen-bond donors (Lipinski definition) is 2. The van der Waals surface area contributed by atoms with E-state index in [1.54, 1.807) is 6.08 Å². The van der Waals surface area contributed by atoms with Crippen LogP contribution >= 0.6 is 0 Å². The molecule has 5 rings (SSSR count). The summed E-state index contributed by atoms with van der Waals surface area (Å²) in [5, 5.41) is 22.5. The molecular weight excluding hydrogens is 360 g/mol. The third kappa shape index (κ3) is 2.30. The molecule has 2 N–H and O–H groups in total. The van der Waals surface area contributed by atoms with Gasteiger partial charge in [-0.25, -0.2) is 0 Å². The topological polar surface area (TPSA) is 57.5 Å². The molecule has 0 bridgehead atoms. The predicted octanol–water partition coefficient (Wildman–Crippen LogP) is 4.68. The number of hydrogen-bond acceptors (Lipinski definition) is 3. The minimum atomic E-state index is -0.429. The maximum Gasteiger partial charge on any atom is 0.181 e. The van der Waals surface area contributed by atoms with Crippen molar-refractivity contribution >= 4 is 5.78 Å². The van der Waals surface area contributed by atoms with Gasteiger partial charge in [-0.2, -0.15) is 0 Å². The van der Waals surface area contributed by atoms with E-state index in [1.165, 1.54) is 25.7 Å². The predicted molar refractivity (Wildman–Crippen MR) is 114 cm³/mol. The molecule has 0 aromatic heterocycles. The molecule has 3 saturated carbocycles. The molecule has 0 aromatic carbocycles. The zero-order chi connectivity index (χ0) is 20.8. The Bertz CT molecular complexity index is 794. The first-order chi connectivity index (χ1) is 13.6. The maximum atomic E-state index is 12.4. The van der Waals surface area contributed by atoms with E-state index in [1.807, 2.05) is 0 Å². The Balaban J connectivity index is 1.62. The molecule has 3 fully saturated rings. The van der Waals surface area contributed by atoms with Crippen molar-refractivity contribution in [1.29, 1.82) is 0 Å². The van der Waals surface area contributed by atoms with Gasteiger partial charge in [0.1, 0.15) is 0 Å². The molecule has 0 aromatic rings. The van der Waals surface area contributed by atoms with Crippen LogP contribution in [-0.4, -0.2) is 28.7 Å². The largest absolute Gasteiger partial charge is 0.396 e. The lowest BCUT2D eigenvalue weighted by Gasteiger charge is -2.70. The molecule has 0 amide bonds. The summed E-state index contributed by atoms with van der Waals surface area (Å²) in [6.07, 6.45) is 13.1. The lowest BCUT2D eigenvalue weighted by atomic mass is 9.34. The highest BCUT2D eigenvalue weighted by Crippen LogP contribution is 2.73. The molecule has 8 atom stereocenters. The van der Waals surface area contributed by atoms with Crippen LogP contribution in [0, 0.1) is 45.3 Å². The summed E-state index contributed by atoms with van der Waals surface area (Å²) in [4.78, 5) is 12.4. The van der Waals surface area contributed by atoms with E-state index >= 15 is 0 Å². The maximum absolute atomic E-state index is 12.4. The number of rotatable bonds is 1. The highest BCUT2D eigenvalue weighted by atomic mass is 16.3. The fourth-order valence-electron chi connectivity index (χ4n) is 9.52. The van der Waals surface area contributed by atoms with E-state index in [2.05, 4.69) is 39.8 Å². The van der Waals surface area contributed by atoms with E-state index in [0.29, 0.717) is 17.8 Å². The van der Waals surface area contributed by atoms with Crippen molar-refractivity contribution in [1.82, 2.24) is 0 Å². The number of ketones is 1. The number of carbonyl (C=O) groups is 1. The molecule has 0 spiro atoms. The number of carbonyl (C=O) groups excluding carboxylic acids is 1. The molecule has 0 unspecified atom stereocenters. The van der Waals surface area contributed by atoms with Crippen LogP contribution in [0.5, 0.6) is 0 Å². The normalized spacial score (nSPS) is 52.8. The Labute approximate surface area is 175 Å². The van der Waals surface area contributed by atoms with Crippen molar-refractivity contribution in [3.63, 3.8) is 0 Å². The Kier molecular flexibility index (Phi) is 4.18. The Morgan fingerprint density at radius 1 is 1.07 bits per heavy atom. The monoisotopic (exact) mass is 398 g/mol. The van der Waals surface area contributed by atoms with Gasteiger partial charge in [0.15, 0.2) is 5.78 Å². The van der Waals surface area contributed by atoms with Gasteiger partial charge in [-0.3, -0.25) is 4.79 Å². The minimum absolute atomic E-state index is 0.0483. The number of allylic oxidation sites excluding steroid dienone is 4. The van der Waals surface area contributed by atoms with Crippen molar-refractivity contribution in [2.45, 2.75) is 78.7 Å². The van der Waals surface area contributed by atoms with Crippen LogP contribution in [0.1, 0.15) is 72.6 Å². The summed E-state index contributed by atoms with van der Waals surface area (Å²) in [6, 6.07) is 0. The molecule has 5 aliphatic carbocycles. The molecule has 29 heavy (non-hydrogen) atoms. The van der Waals surface area contributed by atoms with Gasteiger partial charge in [0.25, 0.3) is 0 Å². The van der Waals surface area contributed by atoms with E-state index in [-0.39, 0.29) is 40.0 Å². The average molecular weight is 399 g/mol. The molecular formula is C26H38O3. The van der Waals surface area contributed by atoms with Gasteiger partial charge >= 0.3 is 0 Å². The third-order valence-electron chi connectivity index (χ3n) is 10.9. The zero-order valence-electron chi connectivity index (χ0n) is 18.6. The van der Waals surface area contributed by atoms with Crippen LogP contribution in [0.3, 0.4) is 0 Å². The minimum Gasteiger partial charge on any atom is -0.396 e. The summed E-state index contributed by atoms with van der Waals surface area (Å²) in [5.74, 6) is 1.42. The van der Waals surface area contributed by atoms with Crippen LogP contribution < -0.4 is 0 Å². The second kappa shape index (κ2) is 6.07. The van der Waals surface area contributed by atoms with Crippen LogP contribution in [0.4, 0.5) is 0 Å². The van der Waals surface area contributed by atoms with Crippen molar-refractivity contribution in [2.75, 3.05) is 6.61 Å². The van der Waals surface area contributed by atoms with Crippen molar-refractivity contribution < 1.29 is 15.0 Å². The average Bonchev–Trinajstić information content (AvgIpc) is 3.05. The fourth-order valence-corrected chi connectivity index (χ4v) is 9.52. The summed E-state index contributed by atoms with van der Waals surface area (Å²) < 4.78 is 0. The van der Waals surface area contributed by atoms with Crippen molar-refractivity contribution in [3.05, 3.63) is 23.8 Å². The SMILES string of the molecule is CC1(C)CCC[C@@]2(CO)[C@H]1CC[C@]1(C)[C@@H]2C[C@@H](O)[C@]2(C)[C@H]3C=CC(=O)C3=CC[C@@H]12. The number of aliphatic hydroxyl groups is 2. The lowest BCUT2D eigenvalue weighted by Crippen LogP contribution is -2.67. The molecule has 0 saturated heterocycles. The van der Waals surface area contributed by atoms with E-state index in [0.717, 1.165) is 24.8 Å². The fraction of sp³-hybridized carbons (Fsp3) is 0.808. The summed E-state index contributed by atoms with van der Waals surface area (Å²) in [6.45, 7) is 9.75. The Morgan fingerprint density at radius 3 is 2.55 bits per heavy atom. The van der Waals surface area contributed by atoms with Crippen LogP contribution in [0.2, 0.25) is 0 Å². The highest BCUT2D eigenvalue weighted by Gasteiger charge is 2.69. The number of fused-ring (bicyclic) bond motifs is 7. The van der Waals surface area contributed by atoms with E-state index in [9.17, 15) is 15.0 Å². The second-order valence-electron chi connectivity index (χ2n) is 12.1. The molecule has 0 aliphatic heterocycles. The summed E-state index contributed by atoms with van der Waals surface area (Å²) in [7, 11) is 0. The van der Waals surface area contributed by atoms with Crippen LogP contribution in [0.25, 0.3) is 0 Å². The third-order valence-corrected chi connectivity index (χ3v) is 10.9. The molecule has 3 heteroatoms. The Hall–Kier alpha value is -0.930. The van der Waals surface area contributed by atoms with E-state index < -0.39 is 6.10 Å². The van der Waals surface area contributed by atoms with Gasteiger partial charge in [-0.15, -0.1) is 0 Å². The van der Waals surface area contributed by atoms with Gasteiger partial charge < -0.3 is 10.2 Å². The first-order valence-electron chi connectivity index (χ1n) is 11.8. The summed E-state index contributed by atoms with van der Waals surface area (Å²) in [5.41, 5.74) is 0.916. The number of aliphatic hydroxyl groups excluding tert-OH is 2. The van der Waals surface area contributed by atoms with Crippen molar-refractivity contribution in [3.8, 4) is 0 Å². The molecule has 0 radical (unpaired) electrons. The van der Waals surface area contributed by atoms with Gasteiger partial charge in [-0.1, -0.05) is 46.3 Å². The molecule has 160 valence electrons. The van der Waals surface area contributed by atoms with Gasteiger partial charge in [0.05, 0.1) is 6.10 Å². The highest BCUT2D eigenvalue weighted by molar-refractivity contribution is 6.07. The van der Waals surface area contributed by atoms with Gasteiger partial charge in [0, 0.05) is 28.9 Å². The first kappa shape index (κ1) is 20.0. The zero-order valence-corrected chi connectivity index (χ0v) is 18.6. The smallest absolute Gasteiger partial charge is 0.181 e. The molecule has 5 aliphatic rings. The first-order valence-corrected chi connectivity index (χ1v) is 11.8. The molecule has 3 nitrogen and oxygen atoms in total. The molecule has 0 heterocycles. The Morgan fingerprint density at radius 2 is 1.83 bits per heavy atom. The standard InChI is InChI=1S/C26H38O3/c1-23(2)11-5-12-26(15-27)19(23)10-13-24(3)20-9-6-16-17(7-8-18(16)28)25(20,4)22(29)14-21(24)26/h6-8,17,19-22,27,29H,5,9-15H2,1-4H3/t17-,19-,20-,21-,22+,24-,25+,26+/m0/s1.